The summed E-state index contributed by atoms with van der Waals surface area (Å²) in [6, 6.07) is 11.9. The van der Waals surface area contributed by atoms with Crippen LogP contribution < -0.4 is 10.5 Å². The van der Waals surface area contributed by atoms with Crippen molar-refractivity contribution in [1.82, 2.24) is 0 Å². The highest BCUT2D eigenvalue weighted by atomic mass is 79.9. The second kappa shape index (κ2) is 5.29. The highest BCUT2D eigenvalue weighted by molar-refractivity contribution is 9.10. The number of ether oxygens (including phenoxy) is 1. The van der Waals surface area contributed by atoms with Crippen molar-refractivity contribution < 1.29 is 9.13 Å². The zero-order valence-electron chi connectivity index (χ0n) is 8.99. The average Bonchev–Trinajstić information content (AvgIpc) is 2.34. The molecule has 0 aliphatic carbocycles. The van der Waals surface area contributed by atoms with Gasteiger partial charge in [0.15, 0.2) is 11.6 Å². The van der Waals surface area contributed by atoms with Crippen molar-refractivity contribution in [3.63, 3.8) is 0 Å². The Morgan fingerprint density at radius 2 is 1.82 bits per heavy atom. The van der Waals surface area contributed by atoms with Gasteiger partial charge in [0.1, 0.15) is 5.75 Å². The fourth-order valence-corrected chi connectivity index (χ4v) is 1.65. The molecule has 0 unspecified atom stereocenters. The fraction of sp³-hybridized carbons (Fsp3) is 0.0769. The number of hydrogen-bond donors (Lipinski definition) is 1. The Kier molecular flexibility index (Phi) is 3.76. The predicted molar refractivity (Wildman–Crippen MR) is 68.5 cm³/mol. The molecule has 0 fully saturated rings. The number of halogens is 2. The van der Waals surface area contributed by atoms with Crippen LogP contribution in [0.1, 0.15) is 5.56 Å². The molecule has 0 saturated carbocycles. The molecule has 0 atom stereocenters. The van der Waals surface area contributed by atoms with Gasteiger partial charge in [-0.1, -0.05) is 22.0 Å². The normalized spacial score (nSPS) is 10.3. The number of nitrogens with two attached hydrogens (primary N) is 1. The van der Waals surface area contributed by atoms with Crippen LogP contribution in [0.5, 0.6) is 11.5 Å². The molecule has 88 valence electrons. The summed E-state index contributed by atoms with van der Waals surface area (Å²) < 4.78 is 20.0. The summed E-state index contributed by atoms with van der Waals surface area (Å²) >= 11 is 3.32. The smallest absolute Gasteiger partial charge is 0.166 e. The maximum atomic E-state index is 13.6. The SMILES string of the molecule is NCc1ccc(Oc2ccc(Br)cc2)c(F)c1. The number of benzene rings is 2. The standard InChI is InChI=1S/C13H11BrFNO/c14-10-2-4-11(5-3-10)17-13-6-1-9(8-16)7-12(13)15/h1-7H,8,16H2. The first-order valence-corrected chi connectivity index (χ1v) is 5.90. The van der Waals surface area contributed by atoms with Crippen molar-refractivity contribution in [2.24, 2.45) is 5.73 Å². The molecule has 2 nitrogen and oxygen atoms in total. The van der Waals surface area contributed by atoms with Gasteiger partial charge >= 0.3 is 0 Å². The first-order chi connectivity index (χ1) is 8.19. The number of hydrogen-bond acceptors (Lipinski definition) is 2. The maximum absolute atomic E-state index is 13.6. The van der Waals surface area contributed by atoms with E-state index in [0.29, 0.717) is 12.3 Å². The fourth-order valence-electron chi connectivity index (χ4n) is 1.38. The van der Waals surface area contributed by atoms with E-state index in [-0.39, 0.29) is 5.75 Å². The van der Waals surface area contributed by atoms with Gasteiger partial charge in [0.05, 0.1) is 0 Å². The third-order valence-corrected chi connectivity index (χ3v) is 2.80. The van der Waals surface area contributed by atoms with E-state index in [1.54, 1.807) is 24.3 Å². The van der Waals surface area contributed by atoms with Crippen molar-refractivity contribution >= 4 is 15.9 Å². The summed E-state index contributed by atoms with van der Waals surface area (Å²) in [6.07, 6.45) is 0. The van der Waals surface area contributed by atoms with E-state index in [4.69, 9.17) is 10.5 Å². The Hall–Kier alpha value is -1.39. The maximum Gasteiger partial charge on any atom is 0.166 e. The van der Waals surface area contributed by atoms with Crippen molar-refractivity contribution in [3.05, 3.63) is 58.3 Å². The lowest BCUT2D eigenvalue weighted by Crippen LogP contribution is -1.97. The van der Waals surface area contributed by atoms with Gasteiger partial charge in [-0.05, 0) is 42.0 Å². The van der Waals surface area contributed by atoms with Gasteiger partial charge in [-0.25, -0.2) is 4.39 Å². The molecule has 2 aromatic rings. The van der Waals surface area contributed by atoms with E-state index in [0.717, 1.165) is 10.0 Å². The van der Waals surface area contributed by atoms with Gasteiger partial charge in [-0.3, -0.25) is 0 Å². The lowest BCUT2D eigenvalue weighted by Gasteiger charge is -2.07. The third-order valence-electron chi connectivity index (χ3n) is 2.27. The molecule has 0 amide bonds. The Balaban J connectivity index is 2.21. The lowest BCUT2D eigenvalue weighted by atomic mass is 10.2. The van der Waals surface area contributed by atoms with Gasteiger partial charge in [0.25, 0.3) is 0 Å². The Bertz CT molecular complexity index is 513. The molecule has 2 rings (SSSR count). The van der Waals surface area contributed by atoms with E-state index >= 15 is 0 Å². The van der Waals surface area contributed by atoms with Crippen LogP contribution in [-0.4, -0.2) is 0 Å². The molecule has 0 heterocycles. The van der Waals surface area contributed by atoms with Crippen LogP contribution in [0.2, 0.25) is 0 Å². The highest BCUT2D eigenvalue weighted by Gasteiger charge is 2.05. The molecule has 0 radical (unpaired) electrons. The predicted octanol–water partition coefficient (Wildman–Crippen LogP) is 3.84. The second-order valence-electron chi connectivity index (χ2n) is 3.52. The first kappa shape index (κ1) is 12.1. The van der Waals surface area contributed by atoms with Gasteiger partial charge in [-0.15, -0.1) is 0 Å². The molecule has 0 bridgehead atoms. The Morgan fingerprint density at radius 3 is 2.41 bits per heavy atom. The molecule has 0 saturated heterocycles. The van der Waals surface area contributed by atoms with Crippen LogP contribution in [0.4, 0.5) is 4.39 Å². The van der Waals surface area contributed by atoms with Crippen molar-refractivity contribution in [3.8, 4) is 11.5 Å². The number of rotatable bonds is 3. The molecule has 0 aliphatic heterocycles. The highest BCUT2D eigenvalue weighted by Crippen LogP contribution is 2.26. The first-order valence-electron chi connectivity index (χ1n) is 5.11. The molecule has 0 aliphatic rings. The van der Waals surface area contributed by atoms with Crippen LogP contribution in [0, 0.1) is 5.82 Å². The molecular weight excluding hydrogens is 285 g/mol. The van der Waals surface area contributed by atoms with Gasteiger partial charge in [0.2, 0.25) is 0 Å². The molecule has 17 heavy (non-hydrogen) atoms. The quantitative estimate of drug-likeness (QED) is 0.934. The van der Waals surface area contributed by atoms with Crippen molar-refractivity contribution in [1.29, 1.82) is 0 Å². The zero-order valence-corrected chi connectivity index (χ0v) is 10.6. The van der Waals surface area contributed by atoms with E-state index in [1.165, 1.54) is 6.07 Å². The summed E-state index contributed by atoms with van der Waals surface area (Å²) in [7, 11) is 0. The van der Waals surface area contributed by atoms with Crippen LogP contribution in [0.25, 0.3) is 0 Å². The molecule has 2 N–H and O–H groups in total. The van der Waals surface area contributed by atoms with Gasteiger partial charge in [0, 0.05) is 11.0 Å². The monoisotopic (exact) mass is 295 g/mol. The van der Waals surface area contributed by atoms with Crippen molar-refractivity contribution in [2.45, 2.75) is 6.54 Å². The van der Waals surface area contributed by atoms with Gasteiger partial charge in [-0.2, -0.15) is 0 Å². The third kappa shape index (κ3) is 3.05. The van der Waals surface area contributed by atoms with E-state index in [1.807, 2.05) is 12.1 Å². The lowest BCUT2D eigenvalue weighted by molar-refractivity contribution is 0.441. The van der Waals surface area contributed by atoms with Crippen LogP contribution in [0.3, 0.4) is 0 Å². The molecule has 2 aromatic carbocycles. The van der Waals surface area contributed by atoms with Gasteiger partial charge < -0.3 is 10.5 Å². The molecular formula is C13H11BrFNO. The summed E-state index contributed by atoms with van der Waals surface area (Å²) in [5.41, 5.74) is 6.17. The largest absolute Gasteiger partial charge is 0.454 e. The second-order valence-corrected chi connectivity index (χ2v) is 4.44. The van der Waals surface area contributed by atoms with E-state index in [2.05, 4.69) is 15.9 Å². The molecule has 4 heteroatoms. The topological polar surface area (TPSA) is 35.2 Å². The minimum absolute atomic E-state index is 0.199. The minimum atomic E-state index is -0.407. The van der Waals surface area contributed by atoms with Crippen molar-refractivity contribution in [2.75, 3.05) is 0 Å². The van der Waals surface area contributed by atoms with Crippen LogP contribution in [0.15, 0.2) is 46.9 Å². The Morgan fingerprint density at radius 1 is 1.12 bits per heavy atom. The average molecular weight is 296 g/mol. The summed E-state index contributed by atoms with van der Waals surface area (Å²) in [5, 5.41) is 0. The Labute approximate surface area is 107 Å². The summed E-state index contributed by atoms with van der Waals surface area (Å²) in [6.45, 7) is 0.315. The summed E-state index contributed by atoms with van der Waals surface area (Å²) in [4.78, 5) is 0. The molecule has 0 spiro atoms. The summed E-state index contributed by atoms with van der Waals surface area (Å²) in [5.74, 6) is 0.382. The van der Waals surface area contributed by atoms with Crippen LogP contribution >= 0.6 is 15.9 Å². The van der Waals surface area contributed by atoms with E-state index in [9.17, 15) is 4.39 Å². The van der Waals surface area contributed by atoms with Crippen LogP contribution in [-0.2, 0) is 6.54 Å². The van der Waals surface area contributed by atoms with E-state index < -0.39 is 5.82 Å². The molecule has 0 aromatic heterocycles. The minimum Gasteiger partial charge on any atom is -0.454 e. The zero-order chi connectivity index (χ0) is 12.3.